The van der Waals surface area contributed by atoms with Crippen LogP contribution in [0.3, 0.4) is 0 Å². The number of rotatable bonds is 5. The van der Waals surface area contributed by atoms with E-state index in [1.807, 2.05) is 0 Å². The molecule has 0 radical (unpaired) electrons. The maximum atomic E-state index is 5.89. The van der Waals surface area contributed by atoms with Crippen LogP contribution in [0.5, 0.6) is 0 Å². The highest BCUT2D eigenvalue weighted by Gasteiger charge is 2.38. The van der Waals surface area contributed by atoms with E-state index in [0.29, 0.717) is 11.3 Å². The smallest absolute Gasteiger partial charge is 0.220 e. The molecular weight excluding hydrogens is 250 g/mol. The fourth-order valence-corrected chi connectivity index (χ4v) is 3.00. The summed E-state index contributed by atoms with van der Waals surface area (Å²) in [6.07, 6.45) is 5.60. The summed E-state index contributed by atoms with van der Waals surface area (Å²) in [5, 5.41) is 12.0. The van der Waals surface area contributed by atoms with E-state index in [1.54, 1.807) is 0 Å². The lowest BCUT2D eigenvalue weighted by Gasteiger charge is -2.23. The van der Waals surface area contributed by atoms with Crippen molar-refractivity contribution in [2.75, 3.05) is 6.54 Å². The maximum Gasteiger partial charge on any atom is 0.220 e. The second kappa shape index (κ2) is 5.84. The topological polar surface area (TPSA) is 51.0 Å². The fraction of sp³-hybridized carbons (Fsp3) is 0.875. The molecule has 1 aromatic rings. The van der Waals surface area contributed by atoms with Gasteiger partial charge in [0.05, 0.1) is 0 Å². The van der Waals surface area contributed by atoms with Gasteiger partial charge in [-0.05, 0) is 52.0 Å². The SMILES string of the molecule is CC(C)(C)NCCCc1nnc(C2CCCC2(C)C)o1. The molecule has 0 saturated heterocycles. The van der Waals surface area contributed by atoms with Crippen LogP contribution in [-0.2, 0) is 6.42 Å². The molecule has 0 aromatic carbocycles. The van der Waals surface area contributed by atoms with E-state index in [1.165, 1.54) is 19.3 Å². The van der Waals surface area contributed by atoms with Crippen molar-refractivity contribution in [3.63, 3.8) is 0 Å². The van der Waals surface area contributed by atoms with Gasteiger partial charge < -0.3 is 9.73 Å². The summed E-state index contributed by atoms with van der Waals surface area (Å²) in [6, 6.07) is 0. The van der Waals surface area contributed by atoms with Gasteiger partial charge >= 0.3 is 0 Å². The molecule has 4 nitrogen and oxygen atoms in total. The van der Waals surface area contributed by atoms with Gasteiger partial charge in [0, 0.05) is 17.9 Å². The summed E-state index contributed by atoms with van der Waals surface area (Å²) >= 11 is 0. The molecule has 20 heavy (non-hydrogen) atoms. The van der Waals surface area contributed by atoms with Crippen molar-refractivity contribution in [2.45, 2.75) is 78.2 Å². The summed E-state index contributed by atoms with van der Waals surface area (Å²) in [7, 11) is 0. The Bertz CT molecular complexity index is 431. The minimum atomic E-state index is 0.174. The third-order valence-corrected chi connectivity index (χ3v) is 4.26. The molecule has 0 bridgehead atoms. The molecular formula is C16H29N3O. The summed E-state index contributed by atoms with van der Waals surface area (Å²) in [4.78, 5) is 0. The second-order valence-electron chi connectivity index (χ2n) is 7.75. The molecule has 1 aromatic heterocycles. The molecule has 0 spiro atoms. The van der Waals surface area contributed by atoms with Gasteiger partial charge in [0.1, 0.15) is 0 Å². The average Bonchev–Trinajstić information content (AvgIpc) is 2.89. The van der Waals surface area contributed by atoms with Gasteiger partial charge in [-0.2, -0.15) is 0 Å². The van der Waals surface area contributed by atoms with Gasteiger partial charge in [0.25, 0.3) is 0 Å². The molecule has 4 heteroatoms. The van der Waals surface area contributed by atoms with Crippen LogP contribution in [0.2, 0.25) is 0 Å². The van der Waals surface area contributed by atoms with Crippen molar-refractivity contribution in [3.05, 3.63) is 11.8 Å². The lowest BCUT2D eigenvalue weighted by atomic mass is 9.82. The number of aryl methyl sites for hydroxylation is 1. The standard InChI is InChI=1S/C16H29N3O/c1-15(2,3)17-11-7-9-13-18-19-14(20-13)12-8-6-10-16(12,4)5/h12,17H,6-11H2,1-5H3. The Morgan fingerprint density at radius 1 is 1.30 bits per heavy atom. The van der Waals surface area contributed by atoms with E-state index >= 15 is 0 Å². The lowest BCUT2D eigenvalue weighted by molar-refractivity contribution is 0.280. The summed E-state index contributed by atoms with van der Waals surface area (Å²) in [5.41, 5.74) is 0.478. The van der Waals surface area contributed by atoms with Crippen LogP contribution in [0.15, 0.2) is 4.42 Å². The van der Waals surface area contributed by atoms with Crippen LogP contribution < -0.4 is 5.32 Å². The van der Waals surface area contributed by atoms with Crippen LogP contribution in [0.4, 0.5) is 0 Å². The zero-order valence-corrected chi connectivity index (χ0v) is 13.6. The predicted molar refractivity (Wildman–Crippen MR) is 80.7 cm³/mol. The molecule has 1 N–H and O–H groups in total. The Morgan fingerprint density at radius 2 is 2.05 bits per heavy atom. The molecule has 1 saturated carbocycles. The van der Waals surface area contributed by atoms with E-state index < -0.39 is 0 Å². The van der Waals surface area contributed by atoms with Crippen LogP contribution in [0.1, 0.15) is 78.0 Å². The minimum Gasteiger partial charge on any atom is -0.425 e. The van der Waals surface area contributed by atoms with Gasteiger partial charge in [-0.25, -0.2) is 0 Å². The molecule has 114 valence electrons. The predicted octanol–water partition coefficient (Wildman–Crippen LogP) is 3.68. The highest BCUT2D eigenvalue weighted by Crippen LogP contribution is 2.48. The second-order valence-corrected chi connectivity index (χ2v) is 7.75. The summed E-state index contributed by atoms with van der Waals surface area (Å²) in [6.45, 7) is 12.1. The number of hydrogen-bond acceptors (Lipinski definition) is 4. The van der Waals surface area contributed by atoms with E-state index in [9.17, 15) is 0 Å². The average molecular weight is 279 g/mol. The molecule has 0 amide bonds. The van der Waals surface area contributed by atoms with Crippen LogP contribution in [0, 0.1) is 5.41 Å². The highest BCUT2D eigenvalue weighted by molar-refractivity contribution is 5.02. The molecule has 1 aliphatic carbocycles. The Hall–Kier alpha value is -0.900. The number of nitrogens with one attached hydrogen (secondary N) is 1. The molecule has 1 atom stereocenters. The van der Waals surface area contributed by atoms with Crippen LogP contribution in [-0.4, -0.2) is 22.3 Å². The molecule has 2 rings (SSSR count). The molecule has 0 aliphatic heterocycles. The van der Waals surface area contributed by atoms with Crippen LogP contribution >= 0.6 is 0 Å². The number of nitrogens with zero attached hydrogens (tertiary/aromatic N) is 2. The zero-order valence-electron chi connectivity index (χ0n) is 13.6. The van der Waals surface area contributed by atoms with Crippen molar-refractivity contribution in [1.29, 1.82) is 0 Å². The number of aromatic nitrogens is 2. The Morgan fingerprint density at radius 3 is 2.65 bits per heavy atom. The summed E-state index contributed by atoms with van der Waals surface area (Å²) < 4.78 is 5.89. The third kappa shape index (κ3) is 4.05. The van der Waals surface area contributed by atoms with Crippen molar-refractivity contribution in [3.8, 4) is 0 Å². The molecule has 1 heterocycles. The number of hydrogen-bond donors (Lipinski definition) is 1. The van der Waals surface area contributed by atoms with Gasteiger partial charge in [-0.15, -0.1) is 10.2 Å². The quantitative estimate of drug-likeness (QED) is 0.835. The Balaban J connectivity index is 1.84. The van der Waals surface area contributed by atoms with E-state index in [2.05, 4.69) is 50.1 Å². The molecule has 1 fully saturated rings. The first-order chi connectivity index (χ1) is 9.28. The van der Waals surface area contributed by atoms with Crippen molar-refractivity contribution in [2.24, 2.45) is 5.41 Å². The first-order valence-corrected chi connectivity index (χ1v) is 7.85. The van der Waals surface area contributed by atoms with Crippen molar-refractivity contribution in [1.82, 2.24) is 15.5 Å². The Kier molecular flexibility index (Phi) is 4.52. The maximum absolute atomic E-state index is 5.89. The van der Waals surface area contributed by atoms with Gasteiger partial charge in [0.2, 0.25) is 11.8 Å². The van der Waals surface area contributed by atoms with Gasteiger partial charge in [0.15, 0.2) is 0 Å². The third-order valence-electron chi connectivity index (χ3n) is 4.26. The molecule has 1 aliphatic rings. The lowest BCUT2D eigenvalue weighted by Crippen LogP contribution is -2.36. The van der Waals surface area contributed by atoms with Crippen molar-refractivity contribution >= 4 is 0 Å². The van der Waals surface area contributed by atoms with Gasteiger partial charge in [-0.3, -0.25) is 0 Å². The van der Waals surface area contributed by atoms with Crippen LogP contribution in [0.25, 0.3) is 0 Å². The highest BCUT2D eigenvalue weighted by atomic mass is 16.4. The van der Waals surface area contributed by atoms with Crippen molar-refractivity contribution < 1.29 is 4.42 Å². The zero-order chi connectivity index (χ0) is 14.8. The molecule has 1 unspecified atom stereocenters. The normalized spacial score (nSPS) is 22.4. The van der Waals surface area contributed by atoms with Gasteiger partial charge in [-0.1, -0.05) is 20.3 Å². The largest absolute Gasteiger partial charge is 0.425 e. The van der Waals surface area contributed by atoms with E-state index in [-0.39, 0.29) is 5.54 Å². The monoisotopic (exact) mass is 279 g/mol. The van der Waals surface area contributed by atoms with E-state index in [4.69, 9.17) is 4.42 Å². The first-order valence-electron chi connectivity index (χ1n) is 7.85. The van der Waals surface area contributed by atoms with E-state index in [0.717, 1.165) is 31.2 Å². The summed E-state index contributed by atoms with van der Waals surface area (Å²) in [5.74, 6) is 2.08. The first kappa shape index (κ1) is 15.5. The fourth-order valence-electron chi connectivity index (χ4n) is 3.00. The minimum absolute atomic E-state index is 0.174. The Labute approximate surface area is 122 Å².